The van der Waals surface area contributed by atoms with Crippen LogP contribution in [-0.2, 0) is 0 Å². The van der Waals surface area contributed by atoms with Gasteiger partial charge >= 0.3 is 0 Å². The first-order chi connectivity index (χ1) is 7.31. The normalized spacial score (nSPS) is 9.53. The van der Waals surface area contributed by atoms with Crippen molar-refractivity contribution in [3.63, 3.8) is 0 Å². The van der Waals surface area contributed by atoms with Crippen LogP contribution < -0.4 is 5.73 Å². The Labute approximate surface area is 87.0 Å². The number of hydrogen-bond acceptors (Lipinski definition) is 4. The summed E-state index contributed by atoms with van der Waals surface area (Å²) in [5.74, 6) is 0. The van der Waals surface area contributed by atoms with Crippen molar-refractivity contribution in [2.45, 2.75) is 0 Å². The molecule has 0 aliphatic rings. The minimum Gasteiger partial charge on any atom is -0.397 e. The zero-order valence-electron chi connectivity index (χ0n) is 7.88. The number of hydrogen-bond donors (Lipinski definition) is 1. The molecule has 0 radical (unpaired) electrons. The zero-order valence-corrected chi connectivity index (χ0v) is 7.88. The molecule has 0 amide bonds. The van der Waals surface area contributed by atoms with Crippen LogP contribution in [0.1, 0.15) is 5.69 Å². The minimum absolute atomic E-state index is 0.357. The second-order valence-electron chi connectivity index (χ2n) is 2.98. The maximum atomic E-state index is 8.73. The number of anilines is 1. The summed E-state index contributed by atoms with van der Waals surface area (Å²) in [6, 6.07) is 8.87. The van der Waals surface area contributed by atoms with Gasteiger partial charge < -0.3 is 5.73 Å². The quantitative estimate of drug-likeness (QED) is 0.751. The van der Waals surface area contributed by atoms with Gasteiger partial charge in [-0.05, 0) is 24.3 Å². The molecule has 2 aromatic rings. The molecule has 0 unspecified atom stereocenters. The number of pyridine rings is 2. The van der Waals surface area contributed by atoms with Gasteiger partial charge in [-0.3, -0.25) is 4.98 Å². The SMILES string of the molecule is N#Cc1ccc(N)c(-c2ccncc2)n1. The summed E-state index contributed by atoms with van der Waals surface area (Å²) in [6.45, 7) is 0. The summed E-state index contributed by atoms with van der Waals surface area (Å²) < 4.78 is 0. The van der Waals surface area contributed by atoms with Crippen LogP contribution >= 0.6 is 0 Å². The summed E-state index contributed by atoms with van der Waals surface area (Å²) in [5, 5.41) is 8.73. The Hall–Kier alpha value is -2.41. The molecule has 0 fully saturated rings. The van der Waals surface area contributed by atoms with Crippen LogP contribution in [0.3, 0.4) is 0 Å². The van der Waals surface area contributed by atoms with E-state index in [1.807, 2.05) is 6.07 Å². The molecule has 2 heterocycles. The van der Waals surface area contributed by atoms with Crippen LogP contribution in [0.25, 0.3) is 11.3 Å². The Bertz CT molecular complexity index is 514. The molecule has 0 saturated carbocycles. The van der Waals surface area contributed by atoms with Gasteiger partial charge in [-0.25, -0.2) is 4.98 Å². The highest BCUT2D eigenvalue weighted by atomic mass is 14.8. The van der Waals surface area contributed by atoms with E-state index < -0.39 is 0 Å². The van der Waals surface area contributed by atoms with Gasteiger partial charge in [0.25, 0.3) is 0 Å². The third-order valence-electron chi connectivity index (χ3n) is 1.99. The van der Waals surface area contributed by atoms with Crippen molar-refractivity contribution in [1.29, 1.82) is 5.26 Å². The predicted molar refractivity (Wildman–Crippen MR) is 56.6 cm³/mol. The third-order valence-corrected chi connectivity index (χ3v) is 1.99. The van der Waals surface area contributed by atoms with E-state index in [4.69, 9.17) is 11.0 Å². The topological polar surface area (TPSA) is 75.6 Å². The van der Waals surface area contributed by atoms with E-state index in [0.29, 0.717) is 17.1 Å². The van der Waals surface area contributed by atoms with Crippen molar-refractivity contribution < 1.29 is 0 Å². The lowest BCUT2D eigenvalue weighted by atomic mass is 10.1. The zero-order chi connectivity index (χ0) is 10.7. The first-order valence-corrected chi connectivity index (χ1v) is 4.38. The van der Waals surface area contributed by atoms with Gasteiger partial charge in [0.1, 0.15) is 11.8 Å². The average Bonchev–Trinajstić information content (AvgIpc) is 2.31. The maximum absolute atomic E-state index is 8.73. The molecule has 4 heteroatoms. The van der Waals surface area contributed by atoms with Crippen molar-refractivity contribution in [2.24, 2.45) is 0 Å². The minimum atomic E-state index is 0.357. The van der Waals surface area contributed by atoms with E-state index in [0.717, 1.165) is 5.56 Å². The van der Waals surface area contributed by atoms with Crippen molar-refractivity contribution in [1.82, 2.24) is 9.97 Å². The summed E-state index contributed by atoms with van der Waals surface area (Å²) in [6.07, 6.45) is 3.32. The summed E-state index contributed by atoms with van der Waals surface area (Å²) in [7, 11) is 0. The van der Waals surface area contributed by atoms with Gasteiger partial charge in [0.05, 0.1) is 11.4 Å². The van der Waals surface area contributed by atoms with E-state index in [9.17, 15) is 0 Å². The molecule has 15 heavy (non-hydrogen) atoms. The molecule has 0 aromatic carbocycles. The highest BCUT2D eigenvalue weighted by molar-refractivity contribution is 5.72. The van der Waals surface area contributed by atoms with Crippen LogP contribution in [-0.4, -0.2) is 9.97 Å². The molecule has 0 aliphatic carbocycles. The second-order valence-corrected chi connectivity index (χ2v) is 2.98. The lowest BCUT2D eigenvalue weighted by molar-refractivity contribution is 1.25. The average molecular weight is 196 g/mol. The van der Waals surface area contributed by atoms with Gasteiger partial charge in [0.2, 0.25) is 0 Å². The Balaban J connectivity index is 2.58. The molecule has 2 aromatic heterocycles. The summed E-state index contributed by atoms with van der Waals surface area (Å²) in [5.41, 5.74) is 8.18. The van der Waals surface area contributed by atoms with E-state index in [1.54, 1.807) is 36.7 Å². The fraction of sp³-hybridized carbons (Fsp3) is 0. The molecule has 4 nitrogen and oxygen atoms in total. The molecule has 2 N–H and O–H groups in total. The number of nitrogen functional groups attached to an aromatic ring is 1. The maximum Gasteiger partial charge on any atom is 0.141 e. The molecule has 2 rings (SSSR count). The van der Waals surface area contributed by atoms with Gasteiger partial charge in [-0.2, -0.15) is 5.26 Å². The molecular formula is C11H8N4. The number of rotatable bonds is 1. The number of nitriles is 1. The summed E-state index contributed by atoms with van der Waals surface area (Å²) >= 11 is 0. The molecule has 0 spiro atoms. The van der Waals surface area contributed by atoms with Gasteiger partial charge in [-0.15, -0.1) is 0 Å². The molecular weight excluding hydrogens is 188 g/mol. The first-order valence-electron chi connectivity index (χ1n) is 4.38. The number of nitrogens with zero attached hydrogens (tertiary/aromatic N) is 3. The smallest absolute Gasteiger partial charge is 0.141 e. The highest BCUT2D eigenvalue weighted by Crippen LogP contribution is 2.22. The third kappa shape index (κ3) is 1.76. The van der Waals surface area contributed by atoms with E-state index in [-0.39, 0.29) is 0 Å². The fourth-order valence-electron chi connectivity index (χ4n) is 1.27. The van der Waals surface area contributed by atoms with Gasteiger partial charge in [0.15, 0.2) is 0 Å². The molecule has 0 atom stereocenters. The summed E-state index contributed by atoms with van der Waals surface area (Å²) in [4.78, 5) is 8.06. The highest BCUT2D eigenvalue weighted by Gasteiger charge is 2.04. The van der Waals surface area contributed by atoms with Crippen LogP contribution in [0.2, 0.25) is 0 Å². The van der Waals surface area contributed by atoms with Crippen molar-refractivity contribution in [3.8, 4) is 17.3 Å². The molecule has 0 aliphatic heterocycles. The van der Waals surface area contributed by atoms with E-state index >= 15 is 0 Å². The van der Waals surface area contributed by atoms with Gasteiger partial charge in [-0.1, -0.05) is 0 Å². The Kier molecular flexibility index (Phi) is 2.30. The fourth-order valence-corrected chi connectivity index (χ4v) is 1.27. The first kappa shape index (κ1) is 9.16. The van der Waals surface area contributed by atoms with E-state index in [1.165, 1.54) is 0 Å². The van der Waals surface area contributed by atoms with Crippen molar-refractivity contribution >= 4 is 5.69 Å². The van der Waals surface area contributed by atoms with Crippen LogP contribution in [0.15, 0.2) is 36.7 Å². The monoisotopic (exact) mass is 196 g/mol. The predicted octanol–water partition coefficient (Wildman–Crippen LogP) is 1.60. The van der Waals surface area contributed by atoms with E-state index in [2.05, 4.69) is 9.97 Å². The molecule has 72 valence electrons. The number of nitrogens with two attached hydrogens (primary N) is 1. The lowest BCUT2D eigenvalue weighted by Gasteiger charge is -2.03. The van der Waals surface area contributed by atoms with Crippen LogP contribution in [0.4, 0.5) is 5.69 Å². The van der Waals surface area contributed by atoms with Crippen molar-refractivity contribution in [2.75, 3.05) is 5.73 Å². The molecule has 0 saturated heterocycles. The largest absolute Gasteiger partial charge is 0.397 e. The van der Waals surface area contributed by atoms with Gasteiger partial charge in [0, 0.05) is 18.0 Å². The Morgan fingerprint density at radius 1 is 1.13 bits per heavy atom. The van der Waals surface area contributed by atoms with Crippen LogP contribution in [0.5, 0.6) is 0 Å². The van der Waals surface area contributed by atoms with Crippen molar-refractivity contribution in [3.05, 3.63) is 42.4 Å². The molecule has 0 bridgehead atoms. The lowest BCUT2D eigenvalue weighted by Crippen LogP contribution is -1.95. The number of aromatic nitrogens is 2. The standard InChI is InChI=1S/C11H8N4/c12-7-9-1-2-10(13)11(15-9)8-3-5-14-6-4-8/h1-6H,13H2. The Morgan fingerprint density at radius 3 is 2.53 bits per heavy atom. The Morgan fingerprint density at radius 2 is 1.87 bits per heavy atom. The van der Waals surface area contributed by atoms with Crippen LogP contribution in [0, 0.1) is 11.3 Å². The second kappa shape index (κ2) is 3.76.